The summed E-state index contributed by atoms with van der Waals surface area (Å²) < 4.78 is 25.8. The van der Waals surface area contributed by atoms with E-state index in [-0.39, 0.29) is 6.54 Å². The molecule has 0 aliphatic heterocycles. The summed E-state index contributed by atoms with van der Waals surface area (Å²) in [4.78, 5) is 12.8. The van der Waals surface area contributed by atoms with Crippen molar-refractivity contribution >= 4 is 5.91 Å². The molecule has 3 nitrogen and oxygen atoms in total. The predicted molar refractivity (Wildman–Crippen MR) is 51.6 cm³/mol. The van der Waals surface area contributed by atoms with Crippen LogP contribution >= 0.6 is 0 Å². The number of alkyl halides is 2. The van der Waals surface area contributed by atoms with Gasteiger partial charge in [0.05, 0.1) is 5.60 Å². The number of likely N-dealkylation sites (N-methyl/N-ethyl adjacent to an activating group) is 1. The summed E-state index contributed by atoms with van der Waals surface area (Å²) in [6.07, 6.45) is -0.394. The Morgan fingerprint density at radius 3 is 2.20 bits per heavy atom. The molecule has 0 aromatic carbocycles. The first-order valence-electron chi connectivity index (χ1n) is 4.85. The topological polar surface area (TPSA) is 40.5 Å². The van der Waals surface area contributed by atoms with Gasteiger partial charge in [0.25, 0.3) is 5.92 Å². The molecule has 0 heterocycles. The van der Waals surface area contributed by atoms with Crippen molar-refractivity contribution < 1.29 is 18.7 Å². The second-order valence-electron chi connectivity index (χ2n) is 5.19. The monoisotopic (exact) mass is 221 g/mol. The van der Waals surface area contributed by atoms with Crippen LogP contribution in [0.25, 0.3) is 0 Å². The van der Waals surface area contributed by atoms with Gasteiger partial charge >= 0.3 is 0 Å². The van der Waals surface area contributed by atoms with Crippen LogP contribution < -0.4 is 0 Å². The summed E-state index contributed by atoms with van der Waals surface area (Å²) in [5.41, 5.74) is -2.63. The lowest BCUT2D eigenvalue weighted by atomic mass is 10.1. The normalized spacial score (nSPS) is 28.7. The third-order valence-electron chi connectivity index (χ3n) is 2.70. The van der Waals surface area contributed by atoms with E-state index in [1.807, 2.05) is 0 Å². The molecular formula is C10H17F2NO2. The van der Waals surface area contributed by atoms with E-state index in [1.165, 1.54) is 32.7 Å². The molecule has 15 heavy (non-hydrogen) atoms. The van der Waals surface area contributed by atoms with Gasteiger partial charge in [-0.1, -0.05) is 0 Å². The van der Waals surface area contributed by atoms with Gasteiger partial charge in [-0.15, -0.1) is 0 Å². The second-order valence-corrected chi connectivity index (χ2v) is 5.19. The van der Waals surface area contributed by atoms with Crippen LogP contribution in [-0.2, 0) is 4.79 Å². The van der Waals surface area contributed by atoms with Crippen molar-refractivity contribution in [3.63, 3.8) is 0 Å². The second kappa shape index (κ2) is 3.14. The SMILES string of the molecule is CN(CC(C)(C)O)C(=O)C1(C)CC1(F)F. The van der Waals surface area contributed by atoms with Gasteiger partial charge in [-0.3, -0.25) is 4.79 Å². The van der Waals surface area contributed by atoms with E-state index in [1.54, 1.807) is 0 Å². The standard InChI is InChI=1S/C10H17F2NO2/c1-8(2,15)6-13(4)7(14)9(3)5-10(9,11)12/h15H,5-6H2,1-4H3. The number of hydrogen-bond donors (Lipinski definition) is 1. The Hall–Kier alpha value is -0.710. The van der Waals surface area contributed by atoms with Crippen LogP contribution in [0.4, 0.5) is 8.78 Å². The van der Waals surface area contributed by atoms with Crippen molar-refractivity contribution in [2.75, 3.05) is 13.6 Å². The summed E-state index contributed by atoms with van der Waals surface area (Å²) >= 11 is 0. The van der Waals surface area contributed by atoms with Gasteiger partial charge in [-0.05, 0) is 20.8 Å². The molecule has 5 heteroatoms. The molecule has 1 saturated carbocycles. The van der Waals surface area contributed by atoms with E-state index in [0.29, 0.717) is 0 Å². The maximum atomic E-state index is 12.9. The molecule has 88 valence electrons. The maximum Gasteiger partial charge on any atom is 0.263 e. The lowest BCUT2D eigenvalue weighted by Gasteiger charge is -2.27. The van der Waals surface area contributed by atoms with E-state index in [2.05, 4.69) is 0 Å². The zero-order valence-corrected chi connectivity index (χ0v) is 9.47. The fourth-order valence-electron chi connectivity index (χ4n) is 1.71. The van der Waals surface area contributed by atoms with Crippen molar-refractivity contribution in [3.8, 4) is 0 Å². The molecular weight excluding hydrogens is 204 g/mol. The Morgan fingerprint density at radius 2 is 1.93 bits per heavy atom. The number of carbonyl (C=O) groups excluding carboxylic acids is 1. The first-order chi connectivity index (χ1) is 6.50. The Bertz CT molecular complexity index is 286. The fourth-order valence-corrected chi connectivity index (χ4v) is 1.71. The highest BCUT2D eigenvalue weighted by atomic mass is 19.3. The van der Waals surface area contributed by atoms with E-state index < -0.39 is 29.3 Å². The van der Waals surface area contributed by atoms with Crippen LogP contribution in [0.2, 0.25) is 0 Å². The van der Waals surface area contributed by atoms with Gasteiger partial charge in [-0.25, -0.2) is 8.78 Å². The molecule has 1 unspecified atom stereocenters. The van der Waals surface area contributed by atoms with Crippen LogP contribution in [0.1, 0.15) is 27.2 Å². The van der Waals surface area contributed by atoms with E-state index in [0.717, 1.165) is 0 Å². The van der Waals surface area contributed by atoms with Crippen molar-refractivity contribution in [1.82, 2.24) is 4.90 Å². The number of amides is 1. The van der Waals surface area contributed by atoms with Gasteiger partial charge in [0, 0.05) is 20.0 Å². The number of nitrogens with zero attached hydrogens (tertiary/aromatic N) is 1. The number of hydrogen-bond acceptors (Lipinski definition) is 2. The van der Waals surface area contributed by atoms with Gasteiger partial charge in [0.1, 0.15) is 5.41 Å². The number of rotatable bonds is 3. The molecule has 0 aromatic rings. The largest absolute Gasteiger partial charge is 0.389 e. The van der Waals surface area contributed by atoms with Crippen LogP contribution in [0.3, 0.4) is 0 Å². The summed E-state index contributed by atoms with van der Waals surface area (Å²) in [7, 11) is 1.43. The molecule has 1 aliphatic rings. The molecule has 1 N–H and O–H groups in total. The Kier molecular flexibility index (Phi) is 2.59. The first-order valence-corrected chi connectivity index (χ1v) is 4.85. The minimum atomic E-state index is -2.89. The Labute approximate surface area is 88.1 Å². The van der Waals surface area contributed by atoms with E-state index in [9.17, 15) is 18.7 Å². The van der Waals surface area contributed by atoms with Gasteiger partial charge in [0.15, 0.2) is 0 Å². The first kappa shape index (κ1) is 12.4. The molecule has 0 radical (unpaired) electrons. The molecule has 0 bridgehead atoms. The molecule has 1 atom stereocenters. The molecule has 0 saturated heterocycles. The number of aliphatic hydroxyl groups is 1. The molecule has 1 fully saturated rings. The molecule has 1 rings (SSSR count). The van der Waals surface area contributed by atoms with Gasteiger partial charge in [-0.2, -0.15) is 0 Å². The highest BCUT2D eigenvalue weighted by molar-refractivity contribution is 5.86. The Morgan fingerprint density at radius 1 is 1.53 bits per heavy atom. The van der Waals surface area contributed by atoms with Crippen molar-refractivity contribution in [2.24, 2.45) is 5.41 Å². The minimum Gasteiger partial charge on any atom is -0.389 e. The number of carbonyl (C=O) groups is 1. The number of halogens is 2. The Balaban J connectivity index is 2.64. The van der Waals surface area contributed by atoms with Crippen LogP contribution in [-0.4, -0.2) is 41.0 Å². The molecule has 1 aliphatic carbocycles. The van der Waals surface area contributed by atoms with Gasteiger partial charge in [0.2, 0.25) is 5.91 Å². The average Bonchev–Trinajstić information content (AvgIpc) is 2.47. The summed E-state index contributed by atoms with van der Waals surface area (Å²) in [5.74, 6) is -3.49. The quantitative estimate of drug-likeness (QED) is 0.779. The molecule has 1 amide bonds. The van der Waals surface area contributed by atoms with Crippen LogP contribution in [0.5, 0.6) is 0 Å². The average molecular weight is 221 g/mol. The molecule has 0 spiro atoms. The zero-order valence-electron chi connectivity index (χ0n) is 9.47. The summed E-state index contributed by atoms with van der Waals surface area (Å²) in [6, 6.07) is 0. The smallest absolute Gasteiger partial charge is 0.263 e. The van der Waals surface area contributed by atoms with Crippen molar-refractivity contribution in [1.29, 1.82) is 0 Å². The predicted octanol–water partition coefficient (Wildman–Crippen LogP) is 1.26. The molecule has 0 aromatic heterocycles. The summed E-state index contributed by atoms with van der Waals surface area (Å²) in [6.45, 7) is 4.38. The maximum absolute atomic E-state index is 12.9. The summed E-state index contributed by atoms with van der Waals surface area (Å²) in [5, 5.41) is 9.47. The van der Waals surface area contributed by atoms with E-state index >= 15 is 0 Å². The van der Waals surface area contributed by atoms with Crippen LogP contribution in [0.15, 0.2) is 0 Å². The zero-order chi connectivity index (χ0) is 12.1. The highest BCUT2D eigenvalue weighted by Crippen LogP contribution is 2.60. The lowest BCUT2D eigenvalue weighted by molar-refractivity contribution is -0.141. The highest BCUT2D eigenvalue weighted by Gasteiger charge is 2.73. The third kappa shape index (κ3) is 2.27. The lowest BCUT2D eigenvalue weighted by Crippen LogP contribution is -2.43. The van der Waals surface area contributed by atoms with Gasteiger partial charge < -0.3 is 10.0 Å². The third-order valence-corrected chi connectivity index (χ3v) is 2.70. The van der Waals surface area contributed by atoms with Crippen LogP contribution in [0, 0.1) is 5.41 Å². The van der Waals surface area contributed by atoms with Crippen molar-refractivity contribution in [2.45, 2.75) is 38.7 Å². The minimum absolute atomic E-state index is 0.0531. The van der Waals surface area contributed by atoms with Crippen molar-refractivity contribution in [3.05, 3.63) is 0 Å². The van der Waals surface area contributed by atoms with E-state index in [4.69, 9.17) is 0 Å². The fraction of sp³-hybridized carbons (Fsp3) is 0.900.